The van der Waals surface area contributed by atoms with Gasteiger partial charge in [0.2, 0.25) is 0 Å². The smallest absolute Gasteiger partial charge is 0.500 e. The minimum Gasteiger partial charge on any atom is -0.500 e. The first-order chi connectivity index (χ1) is 41.7. The van der Waals surface area contributed by atoms with Crippen molar-refractivity contribution in [2.24, 2.45) is 0 Å². The molecule has 0 aliphatic heterocycles. The summed E-state index contributed by atoms with van der Waals surface area (Å²) in [6.45, 7) is 0. The molecule has 74 heavy (non-hydrogen) atoms. The van der Waals surface area contributed by atoms with Crippen molar-refractivity contribution >= 4 is 21.9 Å². The summed E-state index contributed by atoms with van der Waals surface area (Å²) in [5.41, 5.74) is 1.86. The van der Waals surface area contributed by atoms with Gasteiger partial charge >= 0.3 is 20.1 Å². The van der Waals surface area contributed by atoms with Crippen molar-refractivity contribution in [1.29, 1.82) is 5.26 Å². The summed E-state index contributed by atoms with van der Waals surface area (Å²) in [5, 5.41) is 11.4. The van der Waals surface area contributed by atoms with Crippen LogP contribution in [0.4, 0.5) is 0 Å². The third kappa shape index (κ3) is 10.4. The second kappa shape index (κ2) is 22.4. The van der Waals surface area contributed by atoms with E-state index in [2.05, 4.69) is 39.2 Å². The van der Waals surface area contributed by atoms with Gasteiger partial charge < -0.3 is 19.4 Å². The van der Waals surface area contributed by atoms with E-state index < -0.39 is 66.7 Å². The zero-order valence-electron chi connectivity index (χ0n) is 55.2. The number of hydrogen-bond donors (Lipinski definition) is 0. The first-order valence-electron chi connectivity index (χ1n) is 32.2. The Kier molecular flexibility index (Phi) is 10.4. The Balaban J connectivity index is 0.00000817. The largest absolute Gasteiger partial charge is 3.00 e. The van der Waals surface area contributed by atoms with Crippen LogP contribution in [0.25, 0.3) is 66.8 Å². The predicted molar refractivity (Wildman–Crippen MR) is 294 cm³/mol. The zero-order chi connectivity index (χ0) is 62.4. The number of nitriles is 1. The van der Waals surface area contributed by atoms with E-state index in [1.807, 2.05) is 30.3 Å². The van der Waals surface area contributed by atoms with Gasteiger partial charge in [-0.05, 0) is 149 Å². The van der Waals surface area contributed by atoms with Crippen LogP contribution in [-0.4, -0.2) is 15.0 Å². The second-order valence-corrected chi connectivity index (χ2v) is 18.3. The molecule has 6 aromatic carbocycles. The summed E-state index contributed by atoms with van der Waals surface area (Å²) in [4.78, 5) is 13.8. The van der Waals surface area contributed by atoms with E-state index in [0.29, 0.717) is 113 Å². The Morgan fingerprint density at radius 2 is 1.09 bits per heavy atom. The summed E-state index contributed by atoms with van der Waals surface area (Å²) in [6.07, 6.45) is -11.6. The molecule has 2 aliphatic carbocycles. The van der Waals surface area contributed by atoms with Gasteiger partial charge in [-0.1, -0.05) is 115 Å². The normalized spacial score (nSPS) is 18.9. The van der Waals surface area contributed by atoms with Crippen molar-refractivity contribution in [3.05, 3.63) is 232 Å². The number of aryl methyl sites for hydroxylation is 6. The number of hydrogen-bond acceptors (Lipinski definition) is 5. The Morgan fingerprint density at radius 3 is 1.64 bits per heavy atom. The molecular weight excluding hydrogens is 1080 g/mol. The van der Waals surface area contributed by atoms with Crippen LogP contribution in [0.2, 0.25) is 0 Å². The van der Waals surface area contributed by atoms with Gasteiger partial charge in [0.05, 0.1) is 18.6 Å². The fraction of sp³-hybridized carbons (Fsp3) is 0.235. The van der Waals surface area contributed by atoms with Gasteiger partial charge in [-0.25, -0.2) is 0 Å². The third-order valence-electron chi connectivity index (χ3n) is 13.6. The fourth-order valence-electron chi connectivity index (χ4n) is 10.0. The molecule has 4 heterocycles. The minimum atomic E-state index is -3.26. The summed E-state index contributed by atoms with van der Waals surface area (Å²) < 4.78 is 153. The Morgan fingerprint density at radius 1 is 0.554 bits per heavy atom. The maximum Gasteiger partial charge on any atom is 3.00 e. The van der Waals surface area contributed by atoms with Crippen LogP contribution in [0, 0.1) is 29.5 Å². The van der Waals surface area contributed by atoms with Gasteiger partial charge in [0, 0.05) is 48.7 Å². The van der Waals surface area contributed by atoms with Crippen LogP contribution >= 0.6 is 0 Å². The molecule has 0 amide bonds. The van der Waals surface area contributed by atoms with Gasteiger partial charge in [-0.2, -0.15) is 5.26 Å². The molecule has 10 aromatic rings. The summed E-state index contributed by atoms with van der Waals surface area (Å²) >= 11 is 0. The Labute approximate surface area is 470 Å². The van der Waals surface area contributed by atoms with Crippen LogP contribution in [0.5, 0.6) is 0 Å². The number of benzene rings is 6. The molecule has 0 saturated heterocycles. The van der Waals surface area contributed by atoms with Crippen molar-refractivity contribution in [3.8, 4) is 51.0 Å². The summed E-state index contributed by atoms with van der Waals surface area (Å²) in [5.74, 6) is -2.73. The first-order valence-corrected chi connectivity index (χ1v) is 24.7. The SMILES string of the molecule is [2H]c1cc2c(oc3c(-c4ccc(C([2H])([2H])C([2H])([2H])c5cc(C([2H])([2H])C([2H])([2H])c6cnc(-c7[c-]cccc7)cc6C6([2H])CCCC6)cc(C([2H])([2H])C([2H])([2H])c6cnc(-c7[c-]cccc7)cc6C6([2H])CCCC6)c5)cn4)[c-]ccc32)c(-c2ccccc2)c1C#N.[Ir+3]. The molecule has 12 rings (SSSR count). The maximum absolute atomic E-state index is 10.2. The number of rotatable bonds is 15. The minimum absolute atomic E-state index is 0. The summed E-state index contributed by atoms with van der Waals surface area (Å²) in [7, 11) is 0. The molecule has 2 saturated carbocycles. The van der Waals surface area contributed by atoms with Crippen LogP contribution in [0.3, 0.4) is 0 Å². The molecule has 4 aromatic heterocycles. The topological polar surface area (TPSA) is 75.6 Å². The van der Waals surface area contributed by atoms with Crippen LogP contribution < -0.4 is 0 Å². The monoisotopic (exact) mass is 1150 g/mol. The van der Waals surface area contributed by atoms with Crippen LogP contribution in [0.15, 0.2) is 169 Å². The molecule has 0 bridgehead atoms. The molecule has 2 fully saturated rings. The summed E-state index contributed by atoms with van der Waals surface area (Å²) in [6, 6.07) is 48.4. The molecule has 6 heteroatoms. The molecule has 2 aliphatic rings. The Bertz CT molecular complexity index is 4200. The number of nitrogens with zero attached hydrogens (tertiary/aromatic N) is 4. The van der Waals surface area contributed by atoms with Crippen molar-refractivity contribution < 1.29 is 45.1 Å². The third-order valence-corrected chi connectivity index (χ3v) is 13.6. The van der Waals surface area contributed by atoms with Crippen LogP contribution in [0.1, 0.15) is 134 Å². The second-order valence-electron chi connectivity index (χ2n) is 18.3. The molecule has 0 radical (unpaired) electrons. The van der Waals surface area contributed by atoms with E-state index in [1.54, 1.807) is 78.9 Å². The molecule has 0 atom stereocenters. The van der Waals surface area contributed by atoms with Gasteiger partial charge in [0.1, 0.15) is 5.58 Å². The number of furan rings is 1. The van der Waals surface area contributed by atoms with Crippen LogP contribution in [-0.2, 0) is 58.3 Å². The van der Waals surface area contributed by atoms with E-state index in [4.69, 9.17) is 5.79 Å². The van der Waals surface area contributed by atoms with E-state index in [-0.39, 0.29) is 65.2 Å². The maximum atomic E-state index is 10.2. The van der Waals surface area contributed by atoms with Gasteiger partial charge in [0.25, 0.3) is 0 Å². The number of fused-ring (bicyclic) bond motifs is 3. The molecule has 0 spiro atoms. The molecule has 0 unspecified atom stereocenters. The standard InChI is InChI=1S/C68H57N4O.Ir/c69-42-55-34-35-59-58-25-14-26-60(67(58)73-68(59)66(55)54-23-8-3-9-24-54)63-36-31-46(43-70-63)27-28-47-37-48(29-32-56-44-71-64(52-19-4-1-5-20-52)40-61(56)50-15-10-11-16-50)39-49(38-47)30-33-57-45-72-65(53-21-6-2-7-22-53)41-62(57)51-17-12-13-18-51;/h1-9,14,19,21,23-25,31,34-41,43-45,50-51H,10-13,15-18,27-30,32-33H2;/q-3;+3/i27D2,28D2,29D2,30D2,32D2,33D2,34D,50D,51D;. The zero-order valence-corrected chi connectivity index (χ0v) is 42.6. The fourth-order valence-corrected chi connectivity index (χ4v) is 10.0. The molecule has 0 N–H and O–H groups in total. The number of pyridine rings is 3. The average molecular weight is 1150 g/mol. The Hall–Kier alpha value is -7.29. The van der Waals surface area contributed by atoms with E-state index in [1.165, 1.54) is 24.5 Å². The first kappa shape index (κ1) is 34.2. The van der Waals surface area contributed by atoms with Gasteiger partial charge in [-0.15, -0.1) is 90.0 Å². The van der Waals surface area contributed by atoms with Gasteiger partial charge in [-0.3, -0.25) is 0 Å². The van der Waals surface area contributed by atoms with E-state index >= 15 is 0 Å². The molecule has 5 nitrogen and oxygen atoms in total. The number of aromatic nitrogens is 3. The van der Waals surface area contributed by atoms with Crippen molar-refractivity contribution in [3.63, 3.8) is 0 Å². The van der Waals surface area contributed by atoms with E-state index in [9.17, 15) is 24.5 Å². The van der Waals surface area contributed by atoms with Crippen molar-refractivity contribution in [1.82, 2.24) is 15.0 Å². The molecule has 364 valence electrons. The predicted octanol–water partition coefficient (Wildman–Crippen LogP) is 16.4. The van der Waals surface area contributed by atoms with Crippen molar-refractivity contribution in [2.75, 3.05) is 0 Å². The van der Waals surface area contributed by atoms with Gasteiger partial charge in [0.15, 0.2) is 0 Å². The van der Waals surface area contributed by atoms with E-state index in [0.717, 1.165) is 24.4 Å². The average Bonchev–Trinajstić information content (AvgIpc) is 1.08. The quantitative estimate of drug-likeness (QED) is 0.0956. The molecular formula is C68H57IrN4O. The van der Waals surface area contributed by atoms with Crippen molar-refractivity contribution in [2.45, 2.75) is 101 Å².